The van der Waals surface area contributed by atoms with E-state index >= 15 is 0 Å². The Morgan fingerprint density at radius 3 is 3.20 bits per heavy atom. The Morgan fingerprint density at radius 2 is 2.35 bits per heavy atom. The van der Waals surface area contributed by atoms with Crippen LogP contribution in [-0.2, 0) is 11.2 Å². The van der Waals surface area contributed by atoms with Crippen molar-refractivity contribution in [3.05, 3.63) is 30.0 Å². The number of rotatable bonds is 5. The van der Waals surface area contributed by atoms with Gasteiger partial charge in [0.2, 0.25) is 0 Å². The number of anilines is 2. The number of nitrogens with one attached hydrogen (secondary N) is 1. The van der Waals surface area contributed by atoms with Crippen molar-refractivity contribution in [1.82, 2.24) is 4.98 Å². The quantitative estimate of drug-likeness (QED) is 0.859. The van der Waals surface area contributed by atoms with E-state index < -0.39 is 0 Å². The van der Waals surface area contributed by atoms with E-state index in [1.54, 1.807) is 18.4 Å². The highest BCUT2D eigenvalue weighted by atomic mass is 32.1. The summed E-state index contributed by atoms with van der Waals surface area (Å²) in [7, 11) is 3.85. The molecule has 20 heavy (non-hydrogen) atoms. The topological polar surface area (TPSA) is 37.4 Å². The predicted octanol–water partition coefficient (Wildman–Crippen LogP) is 2.86. The minimum Gasteiger partial charge on any atom is -0.383 e. The molecule has 0 bridgehead atoms. The first kappa shape index (κ1) is 13.4. The van der Waals surface area contributed by atoms with Crippen molar-refractivity contribution in [3.8, 4) is 10.4 Å². The van der Waals surface area contributed by atoms with Gasteiger partial charge in [-0.25, -0.2) is 4.98 Å². The average molecular weight is 289 g/mol. The zero-order chi connectivity index (χ0) is 13.9. The van der Waals surface area contributed by atoms with Crippen LogP contribution in [0.4, 0.5) is 10.8 Å². The second-order valence-electron chi connectivity index (χ2n) is 4.96. The number of benzene rings is 1. The van der Waals surface area contributed by atoms with Gasteiger partial charge in [-0.2, -0.15) is 0 Å². The number of hydrogen-bond acceptors (Lipinski definition) is 5. The summed E-state index contributed by atoms with van der Waals surface area (Å²) < 4.78 is 5.03. The van der Waals surface area contributed by atoms with Crippen LogP contribution in [-0.4, -0.2) is 38.8 Å². The molecule has 0 saturated carbocycles. The summed E-state index contributed by atoms with van der Waals surface area (Å²) in [5.41, 5.74) is 4.06. The maximum Gasteiger partial charge on any atom is 0.183 e. The van der Waals surface area contributed by atoms with E-state index in [0.717, 1.165) is 24.6 Å². The Labute approximate surface area is 123 Å². The second-order valence-corrected chi connectivity index (χ2v) is 5.99. The predicted molar refractivity (Wildman–Crippen MR) is 84.9 cm³/mol. The summed E-state index contributed by atoms with van der Waals surface area (Å²) in [6.45, 7) is 2.60. The number of methoxy groups -OCH3 is 1. The fraction of sp³-hybridized carbons (Fsp3) is 0.400. The van der Waals surface area contributed by atoms with Gasteiger partial charge in [0, 0.05) is 39.1 Å². The van der Waals surface area contributed by atoms with E-state index in [4.69, 9.17) is 4.74 Å². The monoisotopic (exact) mass is 289 g/mol. The number of hydrogen-bond donors (Lipinski definition) is 1. The van der Waals surface area contributed by atoms with Gasteiger partial charge in [0.05, 0.1) is 11.5 Å². The van der Waals surface area contributed by atoms with Crippen LogP contribution in [0, 0.1) is 0 Å². The third-order valence-electron chi connectivity index (χ3n) is 3.58. The number of aromatic nitrogens is 1. The van der Waals surface area contributed by atoms with Gasteiger partial charge in [0.25, 0.3) is 0 Å². The number of fused-ring (bicyclic) bond motifs is 1. The molecule has 0 amide bonds. The van der Waals surface area contributed by atoms with E-state index in [0.29, 0.717) is 6.61 Å². The smallest absolute Gasteiger partial charge is 0.183 e. The van der Waals surface area contributed by atoms with Gasteiger partial charge in [-0.1, -0.05) is 17.4 Å². The van der Waals surface area contributed by atoms with E-state index in [1.807, 2.05) is 6.20 Å². The third-order valence-corrected chi connectivity index (χ3v) is 4.58. The van der Waals surface area contributed by atoms with E-state index in [-0.39, 0.29) is 0 Å². The molecule has 0 radical (unpaired) electrons. The maximum absolute atomic E-state index is 5.03. The lowest BCUT2D eigenvalue weighted by Crippen LogP contribution is -2.12. The molecule has 0 atom stereocenters. The lowest BCUT2D eigenvalue weighted by molar-refractivity contribution is 0.211. The van der Waals surface area contributed by atoms with Crippen LogP contribution < -0.4 is 10.2 Å². The zero-order valence-corrected chi connectivity index (χ0v) is 12.7. The maximum atomic E-state index is 5.03. The van der Waals surface area contributed by atoms with Crippen LogP contribution in [0.1, 0.15) is 5.56 Å². The summed E-state index contributed by atoms with van der Waals surface area (Å²) in [6, 6.07) is 6.70. The van der Waals surface area contributed by atoms with Crippen LogP contribution in [0.25, 0.3) is 10.4 Å². The van der Waals surface area contributed by atoms with Crippen LogP contribution in [0.15, 0.2) is 24.4 Å². The highest BCUT2D eigenvalue weighted by molar-refractivity contribution is 7.18. The summed E-state index contributed by atoms with van der Waals surface area (Å²) in [4.78, 5) is 7.93. The van der Waals surface area contributed by atoms with Gasteiger partial charge in [-0.05, 0) is 29.7 Å². The van der Waals surface area contributed by atoms with Crippen LogP contribution >= 0.6 is 11.3 Å². The van der Waals surface area contributed by atoms with Gasteiger partial charge >= 0.3 is 0 Å². The fourth-order valence-electron chi connectivity index (χ4n) is 2.47. The highest BCUT2D eigenvalue weighted by Crippen LogP contribution is 2.34. The molecule has 106 valence electrons. The first-order valence-corrected chi connectivity index (χ1v) is 7.62. The van der Waals surface area contributed by atoms with Crippen LogP contribution in [0.2, 0.25) is 0 Å². The van der Waals surface area contributed by atoms with E-state index in [1.165, 1.54) is 21.7 Å². The van der Waals surface area contributed by atoms with Crippen molar-refractivity contribution in [2.75, 3.05) is 44.1 Å². The Hall–Kier alpha value is -1.59. The zero-order valence-electron chi connectivity index (χ0n) is 11.8. The van der Waals surface area contributed by atoms with Gasteiger partial charge in [-0.15, -0.1) is 0 Å². The van der Waals surface area contributed by atoms with Crippen molar-refractivity contribution < 1.29 is 4.74 Å². The first-order valence-electron chi connectivity index (χ1n) is 6.81. The largest absolute Gasteiger partial charge is 0.383 e. The minimum atomic E-state index is 0.695. The number of ether oxygens (including phenoxy) is 1. The fourth-order valence-corrected chi connectivity index (χ4v) is 3.31. The Bertz CT molecular complexity index is 597. The summed E-state index contributed by atoms with van der Waals surface area (Å²) >= 11 is 1.69. The molecule has 1 aromatic heterocycles. The normalized spacial score (nSPS) is 13.6. The molecule has 2 heterocycles. The van der Waals surface area contributed by atoms with E-state index in [2.05, 4.69) is 40.4 Å². The summed E-state index contributed by atoms with van der Waals surface area (Å²) in [5.74, 6) is 0. The molecule has 1 aliphatic rings. The summed E-state index contributed by atoms with van der Waals surface area (Å²) in [5, 5.41) is 4.22. The van der Waals surface area contributed by atoms with Gasteiger partial charge in [-0.3, -0.25) is 0 Å². The summed E-state index contributed by atoms with van der Waals surface area (Å²) in [6.07, 6.45) is 3.08. The van der Waals surface area contributed by atoms with Gasteiger partial charge in [0.1, 0.15) is 0 Å². The molecule has 0 unspecified atom stereocenters. The number of thiazole rings is 1. The molecule has 3 rings (SSSR count). The lowest BCUT2D eigenvalue weighted by atomic mass is 10.1. The minimum absolute atomic E-state index is 0.695. The molecular weight excluding hydrogens is 270 g/mol. The molecule has 0 saturated heterocycles. The molecule has 0 fully saturated rings. The van der Waals surface area contributed by atoms with Crippen molar-refractivity contribution in [2.45, 2.75) is 6.42 Å². The Kier molecular flexibility index (Phi) is 3.89. The van der Waals surface area contributed by atoms with Crippen molar-refractivity contribution in [2.24, 2.45) is 0 Å². The number of nitrogens with zero attached hydrogens (tertiary/aromatic N) is 2. The molecule has 1 aromatic carbocycles. The molecule has 5 heteroatoms. The van der Waals surface area contributed by atoms with Crippen molar-refractivity contribution in [1.29, 1.82) is 0 Å². The first-order chi connectivity index (χ1) is 9.78. The average Bonchev–Trinajstić information content (AvgIpc) is 3.07. The molecule has 4 nitrogen and oxygen atoms in total. The lowest BCUT2D eigenvalue weighted by Gasteiger charge is -2.11. The number of likely N-dealkylation sites (N-methyl/N-ethyl adjacent to an activating group) is 1. The Morgan fingerprint density at radius 1 is 1.45 bits per heavy atom. The highest BCUT2D eigenvalue weighted by Gasteiger charge is 2.16. The SMILES string of the molecule is COCCNc1ncc(-c2ccc3c(c2)CCN3C)s1. The van der Waals surface area contributed by atoms with Gasteiger partial charge < -0.3 is 15.0 Å². The van der Waals surface area contributed by atoms with Crippen LogP contribution in [0.5, 0.6) is 0 Å². The van der Waals surface area contributed by atoms with Gasteiger partial charge in [0.15, 0.2) is 5.13 Å². The third kappa shape index (κ3) is 2.64. The molecular formula is C15H19N3OS. The molecule has 1 aliphatic heterocycles. The second kappa shape index (κ2) is 5.81. The van der Waals surface area contributed by atoms with E-state index in [9.17, 15) is 0 Å². The Balaban J connectivity index is 1.76. The molecule has 0 spiro atoms. The van der Waals surface area contributed by atoms with Crippen LogP contribution in [0.3, 0.4) is 0 Å². The van der Waals surface area contributed by atoms with Crippen molar-refractivity contribution >= 4 is 22.2 Å². The van der Waals surface area contributed by atoms with Crippen molar-refractivity contribution in [3.63, 3.8) is 0 Å². The molecule has 0 aliphatic carbocycles. The standard InChI is InChI=1S/C15H19N3OS/c1-18-7-5-11-9-12(3-4-13(11)18)14-10-17-15(20-14)16-6-8-19-2/h3-4,9-10H,5-8H2,1-2H3,(H,16,17). The molecule has 2 aromatic rings. The molecule has 1 N–H and O–H groups in total.